The van der Waals surface area contributed by atoms with Crippen molar-refractivity contribution in [2.24, 2.45) is 0 Å². The quantitative estimate of drug-likeness (QED) is 0.170. The standard InChI is InChI=1S/C31H30BrN7O3/c1-2-7-24-18-28(31(42)33-23(17-29(40)41)16-22-8-3-6-11-27(22)32)36-39(24)19-20-12-14-21(15-13-20)25-9-4-5-10-26(25)30-34-37-38-35-30/h3-6,8-15,18,23H,2,7,16-17,19H2,1H3,(H,33,42)(H,40,41)(H,34,35,37,38)/t23-/m1/s1. The predicted octanol–water partition coefficient (Wildman–Crippen LogP) is 5.31. The van der Waals surface area contributed by atoms with Crippen LogP contribution in [0.15, 0.2) is 83.3 Å². The summed E-state index contributed by atoms with van der Waals surface area (Å²) in [5.41, 5.74) is 6.05. The van der Waals surface area contributed by atoms with Gasteiger partial charge in [-0.15, -0.1) is 10.2 Å². The van der Waals surface area contributed by atoms with E-state index >= 15 is 0 Å². The lowest BCUT2D eigenvalue weighted by atomic mass is 9.98. The summed E-state index contributed by atoms with van der Waals surface area (Å²) in [6.07, 6.45) is 1.83. The molecule has 0 radical (unpaired) electrons. The Bertz CT molecular complexity index is 1670. The monoisotopic (exact) mass is 627 g/mol. The number of nitrogens with one attached hydrogen (secondary N) is 2. The number of benzene rings is 3. The molecule has 42 heavy (non-hydrogen) atoms. The van der Waals surface area contributed by atoms with Gasteiger partial charge in [0.05, 0.1) is 13.0 Å². The number of rotatable bonds is 12. The minimum absolute atomic E-state index is 0.197. The molecule has 0 saturated carbocycles. The van der Waals surface area contributed by atoms with Gasteiger partial charge in [-0.3, -0.25) is 14.3 Å². The Balaban J connectivity index is 1.33. The van der Waals surface area contributed by atoms with Gasteiger partial charge in [-0.25, -0.2) is 0 Å². The fourth-order valence-corrected chi connectivity index (χ4v) is 5.35. The van der Waals surface area contributed by atoms with Crippen molar-refractivity contribution < 1.29 is 14.7 Å². The molecule has 0 aliphatic carbocycles. The van der Waals surface area contributed by atoms with Crippen LogP contribution in [0.1, 0.15) is 47.1 Å². The Kier molecular flexibility index (Phi) is 9.18. The molecule has 0 unspecified atom stereocenters. The van der Waals surface area contributed by atoms with Crippen LogP contribution >= 0.6 is 15.9 Å². The molecule has 214 valence electrons. The van der Waals surface area contributed by atoms with E-state index in [-0.39, 0.29) is 12.1 Å². The molecule has 11 heteroatoms. The van der Waals surface area contributed by atoms with Crippen LogP contribution < -0.4 is 5.32 Å². The molecule has 3 aromatic carbocycles. The molecule has 5 rings (SSSR count). The Labute approximate surface area is 251 Å². The first-order chi connectivity index (χ1) is 20.4. The van der Waals surface area contributed by atoms with Crippen molar-refractivity contribution in [3.05, 3.63) is 106 Å². The second-order valence-electron chi connectivity index (χ2n) is 9.97. The molecule has 0 aliphatic heterocycles. The summed E-state index contributed by atoms with van der Waals surface area (Å²) in [5, 5.41) is 31.4. The number of carboxylic acid groups (broad SMARTS) is 1. The van der Waals surface area contributed by atoms with Gasteiger partial charge in [-0.1, -0.05) is 96.0 Å². The summed E-state index contributed by atoms with van der Waals surface area (Å²) in [6.45, 7) is 2.57. The number of nitrogens with zero attached hydrogens (tertiary/aromatic N) is 5. The molecule has 0 bridgehead atoms. The van der Waals surface area contributed by atoms with E-state index < -0.39 is 17.9 Å². The maximum absolute atomic E-state index is 13.3. The second kappa shape index (κ2) is 13.3. The molecular formula is C31H30BrN7O3. The van der Waals surface area contributed by atoms with Gasteiger partial charge >= 0.3 is 5.97 Å². The fraction of sp³-hybridized carbons (Fsp3) is 0.226. The van der Waals surface area contributed by atoms with E-state index in [0.29, 0.717) is 18.8 Å². The van der Waals surface area contributed by atoms with Gasteiger partial charge in [0.1, 0.15) is 5.69 Å². The first-order valence-corrected chi connectivity index (χ1v) is 14.5. The lowest BCUT2D eigenvalue weighted by molar-refractivity contribution is -0.137. The van der Waals surface area contributed by atoms with E-state index in [1.54, 1.807) is 6.07 Å². The largest absolute Gasteiger partial charge is 0.481 e. The van der Waals surface area contributed by atoms with Crippen LogP contribution in [0.4, 0.5) is 0 Å². The molecule has 1 atom stereocenters. The van der Waals surface area contributed by atoms with E-state index in [1.165, 1.54) is 0 Å². The van der Waals surface area contributed by atoms with Crippen molar-refractivity contribution >= 4 is 27.8 Å². The highest BCUT2D eigenvalue weighted by Gasteiger charge is 2.21. The Morgan fingerprint density at radius 2 is 1.76 bits per heavy atom. The number of H-pyrrole nitrogens is 1. The van der Waals surface area contributed by atoms with Crippen LogP contribution in [0.25, 0.3) is 22.5 Å². The number of hydrogen-bond acceptors (Lipinski definition) is 6. The number of aliphatic carboxylic acids is 1. The van der Waals surface area contributed by atoms with Gasteiger partial charge in [0.2, 0.25) is 5.82 Å². The molecule has 3 N–H and O–H groups in total. The van der Waals surface area contributed by atoms with Crippen LogP contribution in [-0.2, 0) is 24.2 Å². The Morgan fingerprint density at radius 1 is 1.02 bits per heavy atom. The SMILES string of the molecule is CCCc1cc(C(=O)N[C@@H](CC(=O)O)Cc2ccccc2Br)nn1Cc1ccc(-c2ccccc2-c2nn[nH]n2)cc1. The van der Waals surface area contributed by atoms with Crippen LogP contribution in [0.2, 0.25) is 0 Å². The highest BCUT2D eigenvalue weighted by Crippen LogP contribution is 2.30. The zero-order valence-corrected chi connectivity index (χ0v) is 24.6. The van der Waals surface area contributed by atoms with E-state index in [1.807, 2.05) is 77.5 Å². The number of carbonyl (C=O) groups is 2. The van der Waals surface area contributed by atoms with Gasteiger partial charge < -0.3 is 10.4 Å². The summed E-state index contributed by atoms with van der Waals surface area (Å²) in [7, 11) is 0. The maximum Gasteiger partial charge on any atom is 0.305 e. The maximum atomic E-state index is 13.3. The summed E-state index contributed by atoms with van der Waals surface area (Å²) in [4.78, 5) is 24.8. The normalized spacial score (nSPS) is 11.8. The van der Waals surface area contributed by atoms with Crippen LogP contribution in [-0.4, -0.2) is 53.4 Å². The zero-order chi connectivity index (χ0) is 29.5. The van der Waals surface area contributed by atoms with Crippen molar-refractivity contribution in [2.75, 3.05) is 0 Å². The fourth-order valence-electron chi connectivity index (χ4n) is 4.90. The number of carboxylic acids is 1. The third-order valence-electron chi connectivity index (χ3n) is 6.89. The lowest BCUT2D eigenvalue weighted by Gasteiger charge is -2.17. The molecule has 0 fully saturated rings. The topological polar surface area (TPSA) is 139 Å². The number of aromatic nitrogens is 6. The smallest absolute Gasteiger partial charge is 0.305 e. The first kappa shape index (κ1) is 28.9. The molecule has 5 aromatic rings. The first-order valence-electron chi connectivity index (χ1n) is 13.7. The molecule has 1 amide bonds. The van der Waals surface area contributed by atoms with Crippen LogP contribution in [0, 0.1) is 0 Å². The average Bonchev–Trinajstić information content (AvgIpc) is 3.66. The van der Waals surface area contributed by atoms with Gasteiger partial charge in [-0.2, -0.15) is 10.3 Å². The Hall–Kier alpha value is -4.64. The molecule has 0 spiro atoms. The average molecular weight is 629 g/mol. The molecular weight excluding hydrogens is 598 g/mol. The number of halogens is 1. The summed E-state index contributed by atoms with van der Waals surface area (Å²) in [5.74, 6) is -0.839. The molecule has 0 saturated heterocycles. The minimum Gasteiger partial charge on any atom is -0.481 e. The van der Waals surface area contributed by atoms with Crippen molar-refractivity contribution in [1.29, 1.82) is 0 Å². The summed E-state index contributed by atoms with van der Waals surface area (Å²) in [6, 6.07) is 24.9. The molecule has 10 nitrogen and oxygen atoms in total. The zero-order valence-electron chi connectivity index (χ0n) is 23.0. The van der Waals surface area contributed by atoms with Crippen molar-refractivity contribution in [3.63, 3.8) is 0 Å². The molecule has 2 heterocycles. The molecule has 2 aromatic heterocycles. The number of aromatic amines is 1. The number of carbonyl (C=O) groups excluding carboxylic acids is 1. The van der Waals surface area contributed by atoms with E-state index in [9.17, 15) is 14.7 Å². The van der Waals surface area contributed by atoms with Crippen LogP contribution in [0.5, 0.6) is 0 Å². The van der Waals surface area contributed by atoms with E-state index in [0.717, 1.165) is 50.8 Å². The van der Waals surface area contributed by atoms with E-state index in [2.05, 4.69) is 53.9 Å². The minimum atomic E-state index is -0.979. The summed E-state index contributed by atoms with van der Waals surface area (Å²) < 4.78 is 2.72. The third kappa shape index (κ3) is 6.98. The van der Waals surface area contributed by atoms with E-state index in [4.69, 9.17) is 0 Å². The van der Waals surface area contributed by atoms with Crippen molar-refractivity contribution in [2.45, 2.75) is 45.2 Å². The lowest BCUT2D eigenvalue weighted by Crippen LogP contribution is -2.38. The predicted molar refractivity (Wildman–Crippen MR) is 162 cm³/mol. The highest BCUT2D eigenvalue weighted by atomic mass is 79.9. The van der Waals surface area contributed by atoms with Gasteiger partial charge in [0.15, 0.2) is 0 Å². The van der Waals surface area contributed by atoms with Crippen LogP contribution in [0.3, 0.4) is 0 Å². The van der Waals surface area contributed by atoms with Crippen molar-refractivity contribution in [1.82, 2.24) is 35.7 Å². The molecule has 0 aliphatic rings. The second-order valence-corrected chi connectivity index (χ2v) is 10.8. The number of tetrazole rings is 1. The number of amides is 1. The van der Waals surface area contributed by atoms with Crippen molar-refractivity contribution in [3.8, 4) is 22.5 Å². The highest BCUT2D eigenvalue weighted by molar-refractivity contribution is 9.10. The van der Waals surface area contributed by atoms with Gasteiger partial charge in [-0.05, 0) is 52.4 Å². The summed E-state index contributed by atoms with van der Waals surface area (Å²) >= 11 is 3.51. The van der Waals surface area contributed by atoms with Gasteiger partial charge in [0, 0.05) is 21.8 Å². The third-order valence-corrected chi connectivity index (χ3v) is 7.67. The van der Waals surface area contributed by atoms with Gasteiger partial charge in [0.25, 0.3) is 5.91 Å². The number of hydrogen-bond donors (Lipinski definition) is 3. The Morgan fingerprint density at radius 3 is 2.45 bits per heavy atom. The number of aryl methyl sites for hydroxylation is 1.